The monoisotopic (exact) mass is 294 g/mol. The summed E-state index contributed by atoms with van der Waals surface area (Å²) in [6.07, 6.45) is 0.455. The van der Waals surface area contributed by atoms with Crippen molar-refractivity contribution >= 4 is 11.0 Å². The number of nitrogens with zero attached hydrogens (tertiary/aromatic N) is 2. The van der Waals surface area contributed by atoms with Gasteiger partial charge in [-0.05, 0) is 0 Å². The summed E-state index contributed by atoms with van der Waals surface area (Å²) >= 11 is 0. The number of imidazole rings is 1. The number of aromatic nitrogens is 2. The van der Waals surface area contributed by atoms with Crippen molar-refractivity contribution in [1.82, 2.24) is 9.55 Å². The molecular formula is C14H18N2O5. The van der Waals surface area contributed by atoms with E-state index >= 15 is 0 Å². The number of ether oxygens (including phenoxy) is 3. The maximum Gasteiger partial charge on any atom is 0.163 e. The van der Waals surface area contributed by atoms with E-state index in [2.05, 4.69) is 4.98 Å². The summed E-state index contributed by atoms with van der Waals surface area (Å²) in [6, 6.07) is 3.61. The Morgan fingerprint density at radius 1 is 1.33 bits per heavy atom. The van der Waals surface area contributed by atoms with Gasteiger partial charge in [-0.15, -0.1) is 0 Å². The SMILES string of the molecule is COc1cc2ncn([C@@H]3C[C@H](O)[C@H](CO)O3)c2cc1OC. The van der Waals surface area contributed by atoms with E-state index in [0.29, 0.717) is 17.9 Å². The van der Waals surface area contributed by atoms with Gasteiger partial charge in [0.05, 0.1) is 44.3 Å². The normalized spacial score (nSPS) is 25.4. The van der Waals surface area contributed by atoms with Crippen LogP contribution >= 0.6 is 0 Å². The largest absolute Gasteiger partial charge is 0.493 e. The van der Waals surface area contributed by atoms with Gasteiger partial charge in [-0.1, -0.05) is 0 Å². The molecule has 2 heterocycles. The van der Waals surface area contributed by atoms with Gasteiger partial charge in [0.15, 0.2) is 11.5 Å². The summed E-state index contributed by atoms with van der Waals surface area (Å²) in [4.78, 5) is 4.33. The van der Waals surface area contributed by atoms with E-state index in [4.69, 9.17) is 19.3 Å². The smallest absolute Gasteiger partial charge is 0.163 e. The second-order valence-electron chi connectivity index (χ2n) is 4.96. The third-order valence-corrected chi connectivity index (χ3v) is 3.77. The van der Waals surface area contributed by atoms with Crippen molar-refractivity contribution < 1.29 is 24.4 Å². The number of methoxy groups -OCH3 is 2. The summed E-state index contributed by atoms with van der Waals surface area (Å²) < 4.78 is 18.0. The number of hydrogen-bond acceptors (Lipinski definition) is 6. The molecule has 7 heteroatoms. The molecule has 0 radical (unpaired) electrons. The highest BCUT2D eigenvalue weighted by Gasteiger charge is 2.35. The molecule has 1 saturated heterocycles. The highest BCUT2D eigenvalue weighted by molar-refractivity contribution is 5.80. The van der Waals surface area contributed by atoms with Gasteiger partial charge in [0.25, 0.3) is 0 Å². The predicted octanol–water partition coefficient (Wildman–Crippen LogP) is 0.694. The van der Waals surface area contributed by atoms with Crippen LogP contribution in [0.3, 0.4) is 0 Å². The molecule has 1 aromatic carbocycles. The van der Waals surface area contributed by atoms with E-state index < -0.39 is 12.2 Å². The Hall–Kier alpha value is -1.83. The van der Waals surface area contributed by atoms with Crippen molar-refractivity contribution in [2.24, 2.45) is 0 Å². The summed E-state index contributed by atoms with van der Waals surface area (Å²) in [5, 5.41) is 19.0. The number of hydrogen-bond donors (Lipinski definition) is 2. The minimum atomic E-state index is -0.683. The molecule has 3 rings (SSSR count). The standard InChI is InChI=1S/C14H18N2O5/c1-19-11-3-8-9(4-12(11)20-2)16(7-15-8)14-5-10(18)13(6-17)21-14/h3-4,7,10,13-14,17-18H,5-6H2,1-2H3/t10-,13-,14-/m0/s1. The topological polar surface area (TPSA) is 86.0 Å². The molecule has 2 aromatic rings. The molecule has 1 aromatic heterocycles. The van der Waals surface area contributed by atoms with E-state index in [1.807, 2.05) is 10.6 Å². The van der Waals surface area contributed by atoms with Gasteiger partial charge < -0.3 is 29.0 Å². The van der Waals surface area contributed by atoms with Crippen molar-refractivity contribution in [3.05, 3.63) is 18.5 Å². The Balaban J connectivity index is 2.00. The number of benzene rings is 1. The first-order valence-electron chi connectivity index (χ1n) is 6.71. The second kappa shape index (κ2) is 5.51. The van der Waals surface area contributed by atoms with Crippen molar-refractivity contribution in [2.45, 2.75) is 24.9 Å². The van der Waals surface area contributed by atoms with Crippen LogP contribution in [0.1, 0.15) is 12.6 Å². The van der Waals surface area contributed by atoms with Crippen LogP contribution < -0.4 is 9.47 Å². The molecule has 0 unspecified atom stereocenters. The van der Waals surface area contributed by atoms with Crippen molar-refractivity contribution in [2.75, 3.05) is 20.8 Å². The van der Waals surface area contributed by atoms with Gasteiger partial charge in [0, 0.05) is 18.6 Å². The minimum Gasteiger partial charge on any atom is -0.493 e. The molecule has 1 aliphatic rings. The Labute approximate surface area is 121 Å². The van der Waals surface area contributed by atoms with Crippen LogP contribution in [0.5, 0.6) is 11.5 Å². The molecular weight excluding hydrogens is 276 g/mol. The summed E-state index contributed by atoms with van der Waals surface area (Å²) in [6.45, 7) is -0.207. The molecule has 21 heavy (non-hydrogen) atoms. The van der Waals surface area contributed by atoms with Gasteiger partial charge >= 0.3 is 0 Å². The number of aliphatic hydroxyl groups excluding tert-OH is 2. The van der Waals surface area contributed by atoms with E-state index in [9.17, 15) is 5.11 Å². The van der Waals surface area contributed by atoms with Crippen LogP contribution in [0, 0.1) is 0 Å². The third-order valence-electron chi connectivity index (χ3n) is 3.77. The quantitative estimate of drug-likeness (QED) is 0.863. The zero-order valence-electron chi connectivity index (χ0n) is 11.9. The molecule has 0 amide bonds. The summed E-state index contributed by atoms with van der Waals surface area (Å²) in [5.74, 6) is 1.21. The Bertz CT molecular complexity index is 642. The van der Waals surface area contributed by atoms with Gasteiger partial charge in [-0.3, -0.25) is 0 Å². The average Bonchev–Trinajstić information content (AvgIpc) is 3.08. The zero-order chi connectivity index (χ0) is 15.0. The molecule has 2 N–H and O–H groups in total. The lowest BCUT2D eigenvalue weighted by Gasteiger charge is -2.15. The van der Waals surface area contributed by atoms with E-state index in [0.717, 1.165) is 11.0 Å². The van der Waals surface area contributed by atoms with Crippen LogP contribution in [0.15, 0.2) is 18.5 Å². The molecule has 114 valence electrons. The van der Waals surface area contributed by atoms with Gasteiger partial charge in [0.2, 0.25) is 0 Å². The Morgan fingerprint density at radius 2 is 2.05 bits per heavy atom. The lowest BCUT2D eigenvalue weighted by molar-refractivity contribution is -0.0430. The van der Waals surface area contributed by atoms with Crippen LogP contribution in [-0.4, -0.2) is 52.8 Å². The Kier molecular flexibility index (Phi) is 3.71. The molecule has 7 nitrogen and oxygen atoms in total. The van der Waals surface area contributed by atoms with Crippen LogP contribution in [0.25, 0.3) is 11.0 Å². The second-order valence-corrected chi connectivity index (χ2v) is 4.96. The highest BCUT2D eigenvalue weighted by Crippen LogP contribution is 2.35. The lowest BCUT2D eigenvalue weighted by atomic mass is 10.2. The minimum absolute atomic E-state index is 0.207. The molecule has 0 bridgehead atoms. The first-order valence-corrected chi connectivity index (χ1v) is 6.71. The van der Waals surface area contributed by atoms with Crippen LogP contribution in [-0.2, 0) is 4.74 Å². The van der Waals surface area contributed by atoms with Crippen LogP contribution in [0.2, 0.25) is 0 Å². The fourth-order valence-corrected chi connectivity index (χ4v) is 2.63. The number of rotatable bonds is 4. The average molecular weight is 294 g/mol. The maximum atomic E-state index is 9.85. The first-order chi connectivity index (χ1) is 10.2. The van der Waals surface area contributed by atoms with Gasteiger partial charge in [0.1, 0.15) is 12.3 Å². The third kappa shape index (κ3) is 2.33. The zero-order valence-corrected chi connectivity index (χ0v) is 11.9. The summed E-state index contributed by atoms with van der Waals surface area (Å²) in [5.41, 5.74) is 1.57. The fraction of sp³-hybridized carbons (Fsp3) is 0.500. The molecule has 1 aliphatic heterocycles. The van der Waals surface area contributed by atoms with Gasteiger partial charge in [-0.25, -0.2) is 4.98 Å². The van der Waals surface area contributed by atoms with E-state index in [1.165, 1.54) is 0 Å². The van der Waals surface area contributed by atoms with Crippen molar-refractivity contribution in [3.8, 4) is 11.5 Å². The van der Waals surface area contributed by atoms with E-state index in [-0.39, 0.29) is 12.8 Å². The van der Waals surface area contributed by atoms with Gasteiger partial charge in [-0.2, -0.15) is 0 Å². The fourth-order valence-electron chi connectivity index (χ4n) is 2.63. The predicted molar refractivity (Wildman–Crippen MR) is 74.5 cm³/mol. The molecule has 0 spiro atoms. The van der Waals surface area contributed by atoms with E-state index in [1.54, 1.807) is 26.6 Å². The van der Waals surface area contributed by atoms with Crippen molar-refractivity contribution in [3.63, 3.8) is 0 Å². The molecule has 0 aliphatic carbocycles. The molecule has 3 atom stereocenters. The summed E-state index contributed by atoms with van der Waals surface area (Å²) in [7, 11) is 3.14. The maximum absolute atomic E-state index is 9.85. The lowest BCUT2D eigenvalue weighted by Crippen LogP contribution is -2.24. The molecule has 1 fully saturated rings. The number of fused-ring (bicyclic) bond motifs is 1. The molecule has 0 saturated carbocycles. The van der Waals surface area contributed by atoms with Crippen molar-refractivity contribution in [1.29, 1.82) is 0 Å². The van der Waals surface area contributed by atoms with Crippen LogP contribution in [0.4, 0.5) is 0 Å². The Morgan fingerprint density at radius 3 is 2.67 bits per heavy atom. The number of aliphatic hydroxyl groups is 2. The highest BCUT2D eigenvalue weighted by atomic mass is 16.5. The first kappa shape index (κ1) is 14.1.